The van der Waals surface area contributed by atoms with Crippen molar-refractivity contribution in [2.24, 2.45) is 0 Å². The van der Waals surface area contributed by atoms with Crippen molar-refractivity contribution in [1.82, 2.24) is 15.4 Å². The van der Waals surface area contributed by atoms with Crippen LogP contribution in [0.15, 0.2) is 6.07 Å². The van der Waals surface area contributed by atoms with E-state index in [1.165, 1.54) is 11.3 Å². The van der Waals surface area contributed by atoms with Gasteiger partial charge in [-0.05, 0) is 31.9 Å². The molecule has 23 heavy (non-hydrogen) atoms. The van der Waals surface area contributed by atoms with Gasteiger partial charge in [-0.15, -0.1) is 22.7 Å². The van der Waals surface area contributed by atoms with Gasteiger partial charge in [0.2, 0.25) is 5.91 Å². The van der Waals surface area contributed by atoms with Crippen LogP contribution >= 0.6 is 22.7 Å². The highest BCUT2D eigenvalue weighted by Crippen LogP contribution is 2.29. The molecule has 0 unspecified atom stereocenters. The summed E-state index contributed by atoms with van der Waals surface area (Å²) in [5, 5.41) is 9.70. The van der Waals surface area contributed by atoms with Gasteiger partial charge in [0.05, 0.1) is 28.5 Å². The molecule has 2 aromatic heterocycles. The monoisotopic (exact) mass is 351 g/mol. The van der Waals surface area contributed by atoms with Crippen molar-refractivity contribution in [3.05, 3.63) is 37.0 Å². The van der Waals surface area contributed by atoms with Crippen molar-refractivity contribution in [3.8, 4) is 0 Å². The summed E-state index contributed by atoms with van der Waals surface area (Å²) in [4.78, 5) is 32.7. The molecule has 0 aromatic carbocycles. The maximum absolute atomic E-state index is 12.5. The average Bonchev–Trinajstić information content (AvgIpc) is 3.08. The third-order valence-corrected chi connectivity index (χ3v) is 6.11. The zero-order valence-electron chi connectivity index (χ0n) is 12.9. The van der Waals surface area contributed by atoms with Gasteiger partial charge in [-0.3, -0.25) is 14.8 Å². The first-order valence-electron chi connectivity index (χ1n) is 7.24. The van der Waals surface area contributed by atoms with Crippen molar-refractivity contribution in [3.63, 3.8) is 0 Å². The Bertz CT molecular complexity index is 766. The molecule has 1 aliphatic heterocycles. The molecular weight excluding hydrogens is 334 g/mol. The number of aromatic nitrogens is 1. The fourth-order valence-electron chi connectivity index (χ4n) is 2.69. The molecule has 0 bridgehead atoms. The van der Waals surface area contributed by atoms with E-state index in [0.717, 1.165) is 32.4 Å². The highest BCUT2D eigenvalue weighted by molar-refractivity contribution is 7.14. The number of amides is 2. The van der Waals surface area contributed by atoms with Crippen molar-refractivity contribution >= 4 is 34.5 Å². The maximum Gasteiger partial charge on any atom is 0.284 e. The van der Waals surface area contributed by atoms with Gasteiger partial charge in [0.1, 0.15) is 0 Å². The number of thiophene rings is 1. The van der Waals surface area contributed by atoms with Crippen molar-refractivity contribution in [1.29, 1.82) is 0 Å². The molecule has 0 saturated carbocycles. The molecule has 1 aliphatic rings. The second kappa shape index (κ2) is 6.38. The van der Waals surface area contributed by atoms with Crippen LogP contribution in [0.3, 0.4) is 0 Å². The van der Waals surface area contributed by atoms with Crippen LogP contribution in [0.4, 0.5) is 0 Å². The van der Waals surface area contributed by atoms with Crippen LogP contribution in [0.2, 0.25) is 0 Å². The minimum atomic E-state index is -0.502. The minimum absolute atomic E-state index is 0.0870. The molecule has 2 aromatic rings. The molecule has 3 heterocycles. The van der Waals surface area contributed by atoms with Gasteiger partial charge in [0, 0.05) is 16.3 Å². The van der Waals surface area contributed by atoms with Crippen LogP contribution in [-0.2, 0) is 24.2 Å². The first kappa shape index (κ1) is 16.1. The van der Waals surface area contributed by atoms with Crippen molar-refractivity contribution < 1.29 is 14.8 Å². The molecule has 6 nitrogen and oxygen atoms in total. The Morgan fingerprint density at radius 1 is 1.39 bits per heavy atom. The summed E-state index contributed by atoms with van der Waals surface area (Å²) >= 11 is 2.89. The lowest BCUT2D eigenvalue weighted by Crippen LogP contribution is -2.36. The number of carbonyl (C=O) groups is 2. The summed E-state index contributed by atoms with van der Waals surface area (Å²) in [7, 11) is 0. The predicted octanol–water partition coefficient (Wildman–Crippen LogP) is 2.07. The average molecular weight is 351 g/mol. The lowest BCUT2D eigenvalue weighted by molar-refractivity contribution is -0.131. The normalized spacial score (nSPS) is 13.8. The van der Waals surface area contributed by atoms with E-state index in [4.69, 9.17) is 5.21 Å². The molecule has 8 heteroatoms. The number of carbonyl (C=O) groups excluding carboxylic acids is 2. The Hall–Kier alpha value is -1.77. The number of fused-ring (bicyclic) bond motifs is 1. The van der Waals surface area contributed by atoms with Gasteiger partial charge in [0.15, 0.2) is 0 Å². The second-order valence-corrected chi connectivity index (χ2v) is 7.91. The predicted molar refractivity (Wildman–Crippen MR) is 88.0 cm³/mol. The minimum Gasteiger partial charge on any atom is -0.337 e. The van der Waals surface area contributed by atoms with E-state index < -0.39 is 5.91 Å². The van der Waals surface area contributed by atoms with E-state index in [1.54, 1.807) is 22.9 Å². The number of nitrogens with one attached hydrogen (secondary N) is 1. The first-order valence-corrected chi connectivity index (χ1v) is 8.88. The molecular formula is C15H17N3O3S2. The van der Waals surface area contributed by atoms with Crippen molar-refractivity contribution in [2.45, 2.75) is 33.2 Å². The summed E-state index contributed by atoms with van der Waals surface area (Å²) < 4.78 is 0. The highest BCUT2D eigenvalue weighted by Gasteiger charge is 2.25. The molecule has 122 valence electrons. The standard InChI is InChI=1S/C15H17N3O3S2/c1-8-11(22-9(2)16-8)6-14(19)18-4-3-10-5-12(15(20)17-21)23-13(10)7-18/h5,21H,3-4,6-7H2,1-2H3,(H,17,20). The van der Waals surface area contributed by atoms with E-state index in [0.29, 0.717) is 24.4 Å². The molecule has 0 radical (unpaired) electrons. The second-order valence-electron chi connectivity index (χ2n) is 5.48. The third-order valence-electron chi connectivity index (χ3n) is 3.87. The summed E-state index contributed by atoms with van der Waals surface area (Å²) in [5.41, 5.74) is 3.66. The van der Waals surface area contributed by atoms with Crippen LogP contribution < -0.4 is 5.48 Å². The van der Waals surface area contributed by atoms with Crippen LogP contribution in [0.25, 0.3) is 0 Å². The van der Waals surface area contributed by atoms with E-state index in [9.17, 15) is 9.59 Å². The number of hydrogen-bond acceptors (Lipinski definition) is 6. The number of nitrogens with zero attached hydrogens (tertiary/aromatic N) is 2. The highest BCUT2D eigenvalue weighted by atomic mass is 32.1. The molecule has 0 spiro atoms. The number of aryl methyl sites for hydroxylation is 2. The smallest absolute Gasteiger partial charge is 0.284 e. The van der Waals surface area contributed by atoms with Gasteiger partial charge >= 0.3 is 0 Å². The number of rotatable bonds is 3. The maximum atomic E-state index is 12.5. The Morgan fingerprint density at radius 3 is 2.83 bits per heavy atom. The number of hydrogen-bond donors (Lipinski definition) is 2. The largest absolute Gasteiger partial charge is 0.337 e. The lowest BCUT2D eigenvalue weighted by Gasteiger charge is -2.26. The molecule has 0 aliphatic carbocycles. The summed E-state index contributed by atoms with van der Waals surface area (Å²) in [5.74, 6) is -0.415. The van der Waals surface area contributed by atoms with E-state index in [1.807, 2.05) is 18.7 Å². The van der Waals surface area contributed by atoms with Gasteiger partial charge < -0.3 is 4.90 Å². The van der Waals surface area contributed by atoms with Crippen LogP contribution in [0, 0.1) is 13.8 Å². The number of hydroxylamine groups is 1. The SMILES string of the molecule is Cc1nc(C)c(CC(=O)N2CCc3cc(C(=O)NO)sc3C2)s1. The topological polar surface area (TPSA) is 82.5 Å². The van der Waals surface area contributed by atoms with E-state index >= 15 is 0 Å². The molecule has 0 saturated heterocycles. The first-order chi connectivity index (χ1) is 11.0. The molecule has 3 rings (SSSR count). The van der Waals surface area contributed by atoms with Crippen LogP contribution in [-0.4, -0.2) is 33.5 Å². The third kappa shape index (κ3) is 3.29. The Morgan fingerprint density at radius 2 is 2.17 bits per heavy atom. The van der Waals surface area contributed by atoms with Gasteiger partial charge in [-0.1, -0.05) is 0 Å². The summed E-state index contributed by atoms with van der Waals surface area (Å²) in [6.07, 6.45) is 1.11. The Labute approximate surface area is 141 Å². The quantitative estimate of drug-likeness (QED) is 0.655. The fraction of sp³-hybridized carbons (Fsp3) is 0.400. The van der Waals surface area contributed by atoms with Gasteiger partial charge in [-0.2, -0.15) is 0 Å². The number of thiazole rings is 1. The van der Waals surface area contributed by atoms with Crippen LogP contribution in [0.5, 0.6) is 0 Å². The fourth-order valence-corrected chi connectivity index (χ4v) is 4.73. The van der Waals surface area contributed by atoms with E-state index in [2.05, 4.69) is 4.98 Å². The molecule has 0 fully saturated rings. The Balaban J connectivity index is 1.71. The molecule has 2 N–H and O–H groups in total. The van der Waals surface area contributed by atoms with Crippen LogP contribution in [0.1, 0.15) is 35.7 Å². The van der Waals surface area contributed by atoms with Gasteiger partial charge in [0.25, 0.3) is 5.91 Å². The van der Waals surface area contributed by atoms with E-state index in [-0.39, 0.29) is 5.91 Å². The Kier molecular flexibility index (Phi) is 4.47. The summed E-state index contributed by atoms with van der Waals surface area (Å²) in [6, 6.07) is 1.80. The lowest BCUT2D eigenvalue weighted by atomic mass is 10.1. The molecule has 0 atom stereocenters. The zero-order chi connectivity index (χ0) is 16.6. The summed E-state index contributed by atoms with van der Waals surface area (Å²) in [6.45, 7) is 5.05. The molecule has 2 amide bonds. The zero-order valence-corrected chi connectivity index (χ0v) is 14.5. The van der Waals surface area contributed by atoms with Crippen molar-refractivity contribution in [2.75, 3.05) is 6.54 Å². The van der Waals surface area contributed by atoms with Gasteiger partial charge in [-0.25, -0.2) is 10.5 Å².